The lowest BCUT2D eigenvalue weighted by molar-refractivity contribution is 0.112. The minimum Gasteiger partial charge on any atom is -0.371 e. The lowest BCUT2D eigenvalue weighted by Gasteiger charge is -2.23. The molecule has 1 aromatic carbocycles. The zero-order valence-electron chi connectivity index (χ0n) is 11.6. The van der Waals surface area contributed by atoms with Crippen molar-refractivity contribution in [3.63, 3.8) is 0 Å². The van der Waals surface area contributed by atoms with Gasteiger partial charge in [0.15, 0.2) is 6.29 Å². The zero-order valence-corrected chi connectivity index (χ0v) is 13.2. The summed E-state index contributed by atoms with van der Waals surface area (Å²) in [6.45, 7) is 4.54. The van der Waals surface area contributed by atoms with Crippen molar-refractivity contribution >= 4 is 27.9 Å². The second-order valence-corrected chi connectivity index (χ2v) is 6.25. The predicted octanol–water partition coefficient (Wildman–Crippen LogP) is 4.67. The van der Waals surface area contributed by atoms with Gasteiger partial charge in [-0.2, -0.15) is 0 Å². The van der Waals surface area contributed by atoms with Gasteiger partial charge < -0.3 is 4.90 Å². The summed E-state index contributed by atoms with van der Waals surface area (Å²) in [6.07, 6.45) is 7.48. The van der Waals surface area contributed by atoms with Crippen LogP contribution in [0.4, 0.5) is 5.69 Å². The maximum Gasteiger partial charge on any atom is 0.151 e. The first-order chi connectivity index (χ1) is 9.24. The number of anilines is 1. The molecule has 1 aliphatic rings. The summed E-state index contributed by atoms with van der Waals surface area (Å²) >= 11 is 3.47. The Balaban J connectivity index is 2.05. The van der Waals surface area contributed by atoms with E-state index in [0.717, 1.165) is 35.3 Å². The van der Waals surface area contributed by atoms with Crippen LogP contribution in [0.1, 0.15) is 49.4 Å². The molecule has 0 amide bonds. The van der Waals surface area contributed by atoms with Crippen LogP contribution in [-0.4, -0.2) is 19.4 Å². The molecule has 0 aliphatic carbocycles. The molecule has 1 unspecified atom stereocenters. The van der Waals surface area contributed by atoms with Crippen molar-refractivity contribution in [1.29, 1.82) is 0 Å². The molecular weight excluding hydrogens is 302 g/mol. The quantitative estimate of drug-likeness (QED) is 0.750. The smallest absolute Gasteiger partial charge is 0.151 e. The summed E-state index contributed by atoms with van der Waals surface area (Å²) in [5.41, 5.74) is 1.96. The molecule has 1 atom stereocenters. The van der Waals surface area contributed by atoms with Gasteiger partial charge in [-0.25, -0.2) is 0 Å². The van der Waals surface area contributed by atoms with E-state index in [4.69, 9.17) is 0 Å². The van der Waals surface area contributed by atoms with Gasteiger partial charge in [0.1, 0.15) is 0 Å². The SMILES string of the molecule is CCCC1CCCN(c2ccc(C=O)c(Br)c2)CC1. The van der Waals surface area contributed by atoms with Crippen molar-refractivity contribution in [2.24, 2.45) is 5.92 Å². The van der Waals surface area contributed by atoms with Crippen LogP contribution >= 0.6 is 15.9 Å². The first kappa shape index (κ1) is 14.6. The van der Waals surface area contributed by atoms with Gasteiger partial charge in [0, 0.05) is 28.8 Å². The van der Waals surface area contributed by atoms with E-state index in [1.54, 1.807) is 0 Å². The molecule has 0 radical (unpaired) electrons. The first-order valence-electron chi connectivity index (χ1n) is 7.24. The summed E-state index contributed by atoms with van der Waals surface area (Å²) in [5.74, 6) is 0.896. The molecule has 1 heterocycles. The molecule has 1 aromatic rings. The Bertz CT molecular complexity index is 433. The largest absolute Gasteiger partial charge is 0.371 e. The Morgan fingerprint density at radius 2 is 2.21 bits per heavy atom. The van der Waals surface area contributed by atoms with Crippen LogP contribution in [0.15, 0.2) is 22.7 Å². The van der Waals surface area contributed by atoms with Crippen LogP contribution in [-0.2, 0) is 0 Å². The van der Waals surface area contributed by atoms with Crippen molar-refractivity contribution in [2.45, 2.75) is 39.0 Å². The van der Waals surface area contributed by atoms with E-state index in [9.17, 15) is 4.79 Å². The molecule has 1 aliphatic heterocycles. The Kier molecular flexibility index (Phi) is 5.44. The number of halogens is 1. The third kappa shape index (κ3) is 3.82. The molecule has 1 saturated heterocycles. The highest BCUT2D eigenvalue weighted by Crippen LogP contribution is 2.28. The van der Waals surface area contributed by atoms with Gasteiger partial charge in [0.05, 0.1) is 0 Å². The fourth-order valence-corrected chi connectivity index (χ4v) is 3.39. The van der Waals surface area contributed by atoms with Gasteiger partial charge in [-0.3, -0.25) is 4.79 Å². The summed E-state index contributed by atoms with van der Waals surface area (Å²) in [4.78, 5) is 13.3. The number of rotatable bonds is 4. The van der Waals surface area contributed by atoms with Crippen LogP contribution < -0.4 is 4.90 Å². The maximum atomic E-state index is 10.8. The van der Waals surface area contributed by atoms with Crippen molar-refractivity contribution in [3.8, 4) is 0 Å². The minimum absolute atomic E-state index is 0.724. The van der Waals surface area contributed by atoms with Crippen LogP contribution in [0.3, 0.4) is 0 Å². The molecule has 0 N–H and O–H groups in total. The van der Waals surface area contributed by atoms with E-state index < -0.39 is 0 Å². The Hall–Kier alpha value is -0.830. The number of hydrogen-bond acceptors (Lipinski definition) is 2. The molecule has 19 heavy (non-hydrogen) atoms. The topological polar surface area (TPSA) is 20.3 Å². The van der Waals surface area contributed by atoms with Crippen molar-refractivity contribution < 1.29 is 4.79 Å². The number of benzene rings is 1. The summed E-state index contributed by atoms with van der Waals surface area (Å²) in [5, 5.41) is 0. The third-order valence-corrected chi connectivity index (χ3v) is 4.71. The number of carbonyl (C=O) groups is 1. The Labute approximate surface area is 124 Å². The van der Waals surface area contributed by atoms with Crippen LogP contribution in [0.25, 0.3) is 0 Å². The van der Waals surface area contributed by atoms with Crippen molar-refractivity contribution in [1.82, 2.24) is 0 Å². The Morgan fingerprint density at radius 1 is 1.37 bits per heavy atom. The summed E-state index contributed by atoms with van der Waals surface area (Å²) < 4.78 is 0.898. The van der Waals surface area contributed by atoms with Crippen molar-refractivity contribution in [3.05, 3.63) is 28.2 Å². The molecule has 2 rings (SSSR count). The normalized spacial score (nSPS) is 20.1. The summed E-state index contributed by atoms with van der Waals surface area (Å²) in [7, 11) is 0. The van der Waals surface area contributed by atoms with Gasteiger partial charge in [-0.15, -0.1) is 0 Å². The molecule has 104 valence electrons. The van der Waals surface area contributed by atoms with E-state index in [1.165, 1.54) is 37.8 Å². The van der Waals surface area contributed by atoms with Crippen molar-refractivity contribution in [2.75, 3.05) is 18.0 Å². The number of aldehydes is 1. The van der Waals surface area contributed by atoms with E-state index in [1.807, 2.05) is 6.07 Å². The second-order valence-electron chi connectivity index (χ2n) is 5.40. The van der Waals surface area contributed by atoms with E-state index in [2.05, 4.69) is 39.9 Å². The van der Waals surface area contributed by atoms with Gasteiger partial charge in [0.2, 0.25) is 0 Å². The average molecular weight is 324 g/mol. The number of nitrogens with zero attached hydrogens (tertiary/aromatic N) is 1. The van der Waals surface area contributed by atoms with Gasteiger partial charge >= 0.3 is 0 Å². The standard InChI is InChI=1S/C16H22BrNO/c1-2-4-13-5-3-9-18(10-8-13)15-7-6-14(12-19)16(17)11-15/h6-7,11-13H,2-5,8-10H2,1H3. The van der Waals surface area contributed by atoms with Gasteiger partial charge in [-0.1, -0.05) is 19.8 Å². The lowest BCUT2D eigenvalue weighted by Crippen LogP contribution is -2.24. The fraction of sp³-hybridized carbons (Fsp3) is 0.562. The monoisotopic (exact) mass is 323 g/mol. The van der Waals surface area contributed by atoms with Gasteiger partial charge in [-0.05, 0) is 59.3 Å². The highest BCUT2D eigenvalue weighted by atomic mass is 79.9. The highest BCUT2D eigenvalue weighted by molar-refractivity contribution is 9.10. The molecule has 0 saturated carbocycles. The highest BCUT2D eigenvalue weighted by Gasteiger charge is 2.17. The number of hydrogen-bond donors (Lipinski definition) is 0. The number of carbonyl (C=O) groups excluding carboxylic acids is 1. The molecular formula is C16H22BrNO. The Morgan fingerprint density at radius 3 is 2.89 bits per heavy atom. The van der Waals surface area contributed by atoms with Crippen LogP contribution in [0.2, 0.25) is 0 Å². The molecule has 3 heteroatoms. The van der Waals surface area contributed by atoms with Gasteiger partial charge in [0.25, 0.3) is 0 Å². The molecule has 1 fully saturated rings. The van der Waals surface area contributed by atoms with E-state index in [-0.39, 0.29) is 0 Å². The third-order valence-electron chi connectivity index (χ3n) is 4.02. The van der Waals surface area contributed by atoms with E-state index in [0.29, 0.717) is 0 Å². The minimum atomic E-state index is 0.724. The lowest BCUT2D eigenvalue weighted by atomic mass is 9.96. The van der Waals surface area contributed by atoms with Crippen LogP contribution in [0, 0.1) is 5.92 Å². The molecule has 2 nitrogen and oxygen atoms in total. The molecule has 0 aromatic heterocycles. The first-order valence-corrected chi connectivity index (χ1v) is 8.03. The van der Waals surface area contributed by atoms with E-state index >= 15 is 0 Å². The maximum absolute atomic E-state index is 10.8. The predicted molar refractivity (Wildman–Crippen MR) is 84.0 cm³/mol. The molecule has 0 bridgehead atoms. The molecule has 0 spiro atoms. The van der Waals surface area contributed by atoms with Crippen LogP contribution in [0.5, 0.6) is 0 Å². The summed E-state index contributed by atoms with van der Waals surface area (Å²) in [6, 6.07) is 6.04. The zero-order chi connectivity index (χ0) is 13.7. The second kappa shape index (κ2) is 7.09. The fourth-order valence-electron chi connectivity index (χ4n) is 2.93. The average Bonchev–Trinajstić information content (AvgIpc) is 2.65.